The molecule has 2 heterocycles. The molecule has 0 radical (unpaired) electrons. The van der Waals surface area contributed by atoms with E-state index in [-0.39, 0.29) is 41.9 Å². The number of aliphatic carboxylic acids is 1. The number of halogens is 1. The number of unbranched alkanes of at least 4 members (excludes halogenated alkanes) is 2. The maximum absolute atomic E-state index is 12.2. The Kier molecular flexibility index (Phi) is 14.6. The second kappa shape index (κ2) is 17.9. The molecular weight excluding hydrogens is 928 g/mol. The second-order valence-corrected chi connectivity index (χ2v) is 22.2. The van der Waals surface area contributed by atoms with Crippen LogP contribution in [0.4, 0.5) is 11.4 Å². The molecule has 2 aromatic carbocycles. The number of nitrogens with one attached hydrogen (secondary N) is 1. The highest BCUT2D eigenvalue weighted by atomic mass is 127. The molecule has 2 unspecified atom stereocenters. The van der Waals surface area contributed by atoms with Crippen molar-refractivity contribution in [3.8, 4) is 0 Å². The number of carboxylic acids is 1. The number of rotatable bonds is 19. The molecule has 21 heteroatoms. The summed E-state index contributed by atoms with van der Waals surface area (Å²) in [7, 11) is -17.8. The summed E-state index contributed by atoms with van der Waals surface area (Å²) in [6, 6.07) is 8.29. The first-order valence-electron chi connectivity index (χ1n) is 17.3. The third-order valence-electron chi connectivity index (χ3n) is 9.82. The van der Waals surface area contributed by atoms with Crippen LogP contribution >= 0.6 is 21.0 Å². The zero-order valence-corrected chi connectivity index (χ0v) is 35.9. The Balaban J connectivity index is 1.74. The molecule has 0 bridgehead atoms. The molecule has 2 atom stereocenters. The Hall–Kier alpha value is -3.03. The molecule has 4 rings (SSSR count). The summed E-state index contributed by atoms with van der Waals surface area (Å²) in [6.07, 6.45) is 10.7. The second-order valence-electron chi connectivity index (χ2n) is 14.0. The minimum atomic E-state index is -4.61. The fourth-order valence-corrected chi connectivity index (χ4v) is 11.6. The van der Waals surface area contributed by atoms with Gasteiger partial charge in [-0.1, -0.05) is 37.6 Å². The van der Waals surface area contributed by atoms with Crippen LogP contribution in [-0.2, 0) is 56.1 Å². The highest BCUT2D eigenvalue weighted by molar-refractivity contribution is 14.2. The van der Waals surface area contributed by atoms with Crippen molar-refractivity contribution >= 4 is 82.3 Å². The van der Waals surface area contributed by atoms with E-state index in [2.05, 4.69) is 3.53 Å². The van der Waals surface area contributed by atoms with Gasteiger partial charge < -0.3 is 13.5 Å². The van der Waals surface area contributed by atoms with Crippen LogP contribution < -0.4 is 8.43 Å². The highest BCUT2D eigenvalue weighted by Crippen LogP contribution is 2.51. The van der Waals surface area contributed by atoms with Gasteiger partial charge in [0.1, 0.15) is 0 Å². The van der Waals surface area contributed by atoms with E-state index < -0.39 is 89.8 Å². The maximum Gasteiger partial charge on any atom is 0.303 e. The molecule has 0 amide bonds. The first-order valence-corrected chi connectivity index (χ1v) is 25.6. The summed E-state index contributed by atoms with van der Waals surface area (Å²) in [5.74, 6) is -1.99. The number of hydrogen-bond acceptors (Lipinski definition) is 11. The zero-order valence-electron chi connectivity index (χ0n) is 30.5. The summed E-state index contributed by atoms with van der Waals surface area (Å²) in [5, 5.41) is 9.07. The van der Waals surface area contributed by atoms with E-state index in [0.717, 1.165) is 3.51 Å². The minimum Gasteiger partial charge on any atom is -0.481 e. The van der Waals surface area contributed by atoms with Gasteiger partial charge in [0.15, 0.2) is 0 Å². The van der Waals surface area contributed by atoms with Crippen molar-refractivity contribution in [2.45, 2.75) is 85.8 Å². The van der Waals surface area contributed by atoms with Gasteiger partial charge in [0.05, 0.1) is 21.3 Å². The molecule has 310 valence electrons. The van der Waals surface area contributed by atoms with Gasteiger partial charge in [-0.3, -0.25) is 23.0 Å². The van der Waals surface area contributed by atoms with Crippen LogP contribution in [0.15, 0.2) is 82.3 Å². The smallest absolute Gasteiger partial charge is 0.303 e. The number of anilines is 2. The number of hydrogen-bond donors (Lipinski definition) is 6. The van der Waals surface area contributed by atoms with Crippen LogP contribution in [-0.4, -0.2) is 84.5 Å². The molecule has 0 aromatic heterocycles. The molecule has 0 saturated heterocycles. The third kappa shape index (κ3) is 11.8. The topological polar surface area (TPSA) is 270 Å². The number of carboxylic acid groups (broad SMARTS) is 1. The predicted octanol–water partition coefficient (Wildman–Crippen LogP) is 5.68. The Morgan fingerprint density at radius 1 is 0.732 bits per heavy atom. The first kappa shape index (κ1) is 45.7. The summed E-state index contributed by atoms with van der Waals surface area (Å²) < 4.78 is 137. The van der Waals surface area contributed by atoms with Crippen LogP contribution in [0.25, 0.3) is 0 Å². The Labute approximate surface area is 337 Å². The van der Waals surface area contributed by atoms with Crippen molar-refractivity contribution < 1.29 is 61.8 Å². The van der Waals surface area contributed by atoms with Gasteiger partial charge in [-0.05, 0) is 99.0 Å². The molecule has 0 saturated carbocycles. The van der Waals surface area contributed by atoms with E-state index in [4.69, 9.17) is 5.11 Å². The fourth-order valence-electron chi connectivity index (χ4n) is 7.01. The van der Waals surface area contributed by atoms with Crippen molar-refractivity contribution in [1.29, 1.82) is 0 Å². The Morgan fingerprint density at radius 3 is 1.88 bits per heavy atom. The average molecular weight is 973 g/mol. The molecule has 0 aliphatic carbocycles. The van der Waals surface area contributed by atoms with Gasteiger partial charge in [-0.2, -0.15) is 33.7 Å². The van der Waals surface area contributed by atoms with E-state index in [1.54, 1.807) is 37.3 Å². The summed E-state index contributed by atoms with van der Waals surface area (Å²) in [4.78, 5) is 12.3. The lowest BCUT2D eigenvalue weighted by Gasteiger charge is -2.36. The SMILES string of the molecule is CC1(CCCS(=O)(=O)O)C(/C=C/C=C/C=C2/N(CCCCCC(=O)O)c3ccc(S(=O)(=O)O)cc3C2(C)CCCS(=O)(=O)O)=INc2ccc(S(=O)(=O)O)cc21. The van der Waals surface area contributed by atoms with Gasteiger partial charge in [0.2, 0.25) is 0 Å². The van der Waals surface area contributed by atoms with Crippen molar-refractivity contribution in [3.63, 3.8) is 0 Å². The molecule has 6 N–H and O–H groups in total. The molecular formula is C35H45IN2O14S4. The van der Waals surface area contributed by atoms with Crippen LogP contribution in [0.2, 0.25) is 0 Å². The summed E-state index contributed by atoms with van der Waals surface area (Å²) in [6.45, 7) is 4.02. The standard InChI is InChI=1S/C35H45IN2O14S4/c1-34(18-9-21-53(41,42)43)27-23-25(55(47,48)49)14-16-29(27)37-36-31(34)11-5-3-6-12-32-35(2,19-10-22-54(44,45)46)28-24-26(56(50,51)52)15-17-30(28)38(32)20-8-4-7-13-33(39)40/h3,5-6,11-12,14-17,23-24,37H,4,7-10,13,18-22H2,1-2H3,(H,39,40)(H,41,42,43)(H,44,45,46)(H,47,48,49)(H,50,51,52)/b6-3+,11-5+,32-12+. The van der Waals surface area contributed by atoms with E-state index in [1.807, 2.05) is 17.9 Å². The van der Waals surface area contributed by atoms with Gasteiger partial charge in [-0.15, -0.1) is 0 Å². The molecule has 0 fully saturated rings. The molecule has 56 heavy (non-hydrogen) atoms. The van der Waals surface area contributed by atoms with E-state index in [0.29, 0.717) is 54.0 Å². The lowest BCUT2D eigenvalue weighted by molar-refractivity contribution is -0.137. The van der Waals surface area contributed by atoms with E-state index >= 15 is 0 Å². The van der Waals surface area contributed by atoms with E-state index in [1.165, 1.54) is 30.3 Å². The highest BCUT2D eigenvalue weighted by Gasteiger charge is 2.44. The molecule has 2 aromatic rings. The average Bonchev–Trinajstić information content (AvgIpc) is 3.29. The van der Waals surface area contributed by atoms with Gasteiger partial charge in [0, 0.05) is 65.4 Å². The number of allylic oxidation sites excluding steroid dienone is 6. The third-order valence-corrected chi connectivity index (χ3v) is 16.1. The lowest BCUT2D eigenvalue weighted by atomic mass is 9.75. The van der Waals surface area contributed by atoms with E-state index in [9.17, 15) is 56.7 Å². The zero-order chi connectivity index (χ0) is 41.7. The van der Waals surface area contributed by atoms with Crippen molar-refractivity contribution in [3.05, 3.63) is 83.6 Å². The number of carbonyl (C=O) groups is 1. The lowest BCUT2D eigenvalue weighted by Crippen LogP contribution is -2.34. The fraction of sp³-hybridized carbons (Fsp3) is 0.429. The number of nitrogens with zero attached hydrogens (tertiary/aromatic N) is 1. The summed E-state index contributed by atoms with van der Waals surface area (Å²) in [5.41, 5.74) is 1.02. The Bertz CT molecular complexity index is 2410. The monoisotopic (exact) mass is 972 g/mol. The largest absolute Gasteiger partial charge is 0.481 e. The van der Waals surface area contributed by atoms with Gasteiger partial charge in [-0.25, -0.2) is 0 Å². The van der Waals surface area contributed by atoms with Crippen LogP contribution in [0, 0.1) is 0 Å². The van der Waals surface area contributed by atoms with Crippen LogP contribution in [0.5, 0.6) is 0 Å². The van der Waals surface area contributed by atoms with Crippen molar-refractivity contribution in [2.24, 2.45) is 0 Å². The summed E-state index contributed by atoms with van der Waals surface area (Å²) >= 11 is -0.924. The molecule has 16 nitrogen and oxygen atoms in total. The molecule has 2 aliphatic heterocycles. The van der Waals surface area contributed by atoms with Gasteiger partial charge in [0.25, 0.3) is 40.5 Å². The Morgan fingerprint density at radius 2 is 1.30 bits per heavy atom. The van der Waals surface area contributed by atoms with Crippen LogP contribution in [0.1, 0.15) is 76.3 Å². The predicted molar refractivity (Wildman–Crippen MR) is 221 cm³/mol. The number of fused-ring (bicyclic) bond motifs is 2. The quantitative estimate of drug-likeness (QED) is 0.0325. The van der Waals surface area contributed by atoms with Crippen LogP contribution in [0.3, 0.4) is 0 Å². The first-order chi connectivity index (χ1) is 25.8. The minimum absolute atomic E-state index is 0.00417. The van der Waals surface area contributed by atoms with Gasteiger partial charge >= 0.3 is 5.97 Å². The van der Waals surface area contributed by atoms with Crippen molar-refractivity contribution in [2.75, 3.05) is 26.5 Å². The van der Waals surface area contributed by atoms with Crippen molar-refractivity contribution in [1.82, 2.24) is 0 Å². The molecule has 2 aliphatic rings. The normalized spacial score (nSPS) is 21.1. The number of benzene rings is 2. The molecule has 0 spiro atoms. The maximum atomic E-state index is 12.2.